The quantitative estimate of drug-likeness (QED) is 0.736. The predicted octanol–water partition coefficient (Wildman–Crippen LogP) is 1.45. The Kier molecular flexibility index (Phi) is 3.34. The lowest BCUT2D eigenvalue weighted by atomic mass is 10.3. The van der Waals surface area contributed by atoms with Crippen molar-refractivity contribution < 1.29 is 9.18 Å². The van der Waals surface area contributed by atoms with Crippen molar-refractivity contribution in [2.24, 2.45) is 0 Å². The average Bonchev–Trinajstić information content (AvgIpc) is 3.02. The van der Waals surface area contributed by atoms with Gasteiger partial charge < -0.3 is 5.32 Å². The van der Waals surface area contributed by atoms with Crippen LogP contribution in [-0.2, 0) is 0 Å². The molecule has 21 heavy (non-hydrogen) atoms. The first-order valence-electron chi connectivity index (χ1n) is 5.97. The summed E-state index contributed by atoms with van der Waals surface area (Å²) in [4.78, 5) is 23.3. The van der Waals surface area contributed by atoms with Gasteiger partial charge in [0.25, 0.3) is 5.91 Å². The number of aromatic nitrogens is 5. The maximum absolute atomic E-state index is 13.0. The van der Waals surface area contributed by atoms with Crippen LogP contribution in [0.4, 0.5) is 10.1 Å². The highest BCUT2D eigenvalue weighted by Crippen LogP contribution is 2.10. The largest absolute Gasteiger partial charge is 0.319 e. The molecule has 0 saturated heterocycles. The molecule has 8 heteroatoms. The first-order valence-corrected chi connectivity index (χ1v) is 5.97. The van der Waals surface area contributed by atoms with Gasteiger partial charge in [-0.2, -0.15) is 9.49 Å². The van der Waals surface area contributed by atoms with Crippen molar-refractivity contribution in [2.45, 2.75) is 0 Å². The molecule has 3 heterocycles. The van der Waals surface area contributed by atoms with Crippen LogP contribution in [0.2, 0.25) is 0 Å². The zero-order chi connectivity index (χ0) is 14.7. The standard InChI is InChI=1S/C13H9FN6O/c14-11-3-1-2-10(19-11)13(21)18-9-4-5-12(16-6-9)20-8-15-7-17-20/h1-8H,(H,18,21). The van der Waals surface area contributed by atoms with Crippen LogP contribution >= 0.6 is 0 Å². The number of hydrogen-bond acceptors (Lipinski definition) is 5. The smallest absolute Gasteiger partial charge is 0.274 e. The van der Waals surface area contributed by atoms with Crippen LogP contribution in [0.25, 0.3) is 5.82 Å². The van der Waals surface area contributed by atoms with Crippen LogP contribution in [0, 0.1) is 5.95 Å². The normalized spacial score (nSPS) is 10.3. The lowest BCUT2D eigenvalue weighted by Crippen LogP contribution is -2.14. The summed E-state index contributed by atoms with van der Waals surface area (Å²) in [6.45, 7) is 0. The Labute approximate surface area is 118 Å². The molecule has 0 fully saturated rings. The van der Waals surface area contributed by atoms with E-state index in [0.29, 0.717) is 11.5 Å². The Morgan fingerprint density at radius 1 is 1.24 bits per heavy atom. The molecular formula is C13H9FN6O. The molecule has 0 saturated carbocycles. The van der Waals surface area contributed by atoms with Crippen LogP contribution in [0.3, 0.4) is 0 Å². The second-order valence-corrected chi connectivity index (χ2v) is 4.04. The Bertz CT molecular complexity index is 757. The SMILES string of the molecule is O=C(Nc1ccc(-n2cncn2)nc1)c1cccc(F)n1. The van der Waals surface area contributed by atoms with Gasteiger partial charge in [-0.25, -0.2) is 19.6 Å². The Hall–Kier alpha value is -3.16. The number of halogens is 1. The molecule has 1 amide bonds. The van der Waals surface area contributed by atoms with Gasteiger partial charge in [-0.05, 0) is 24.3 Å². The molecule has 3 aromatic heterocycles. The van der Waals surface area contributed by atoms with Gasteiger partial charge in [0.15, 0.2) is 5.82 Å². The van der Waals surface area contributed by atoms with Gasteiger partial charge in [-0.15, -0.1) is 0 Å². The lowest BCUT2D eigenvalue weighted by Gasteiger charge is -2.05. The highest BCUT2D eigenvalue weighted by molar-refractivity contribution is 6.02. The molecule has 0 aliphatic heterocycles. The van der Waals surface area contributed by atoms with Crippen LogP contribution in [-0.4, -0.2) is 30.6 Å². The number of carbonyl (C=O) groups excluding carboxylic acids is 1. The van der Waals surface area contributed by atoms with E-state index in [-0.39, 0.29) is 5.69 Å². The van der Waals surface area contributed by atoms with E-state index in [0.717, 1.165) is 0 Å². The summed E-state index contributed by atoms with van der Waals surface area (Å²) in [5, 5.41) is 6.52. The molecule has 0 spiro atoms. The zero-order valence-electron chi connectivity index (χ0n) is 10.6. The Morgan fingerprint density at radius 3 is 2.81 bits per heavy atom. The number of rotatable bonds is 3. The fourth-order valence-electron chi connectivity index (χ4n) is 1.65. The molecule has 0 aromatic carbocycles. The summed E-state index contributed by atoms with van der Waals surface area (Å²) < 4.78 is 14.4. The molecule has 0 aliphatic rings. The first-order chi connectivity index (χ1) is 10.2. The zero-order valence-corrected chi connectivity index (χ0v) is 10.6. The molecule has 0 atom stereocenters. The molecule has 0 aliphatic carbocycles. The van der Waals surface area contributed by atoms with Crippen molar-refractivity contribution in [2.75, 3.05) is 5.32 Å². The number of carbonyl (C=O) groups is 1. The first kappa shape index (κ1) is 12.9. The second-order valence-electron chi connectivity index (χ2n) is 4.04. The molecule has 104 valence electrons. The third kappa shape index (κ3) is 2.89. The van der Waals surface area contributed by atoms with Crippen molar-refractivity contribution in [1.82, 2.24) is 24.7 Å². The van der Waals surface area contributed by atoms with Crippen molar-refractivity contribution in [3.05, 3.63) is 60.8 Å². The summed E-state index contributed by atoms with van der Waals surface area (Å²) in [5.41, 5.74) is 0.463. The van der Waals surface area contributed by atoms with Gasteiger partial charge in [0, 0.05) is 0 Å². The van der Waals surface area contributed by atoms with Gasteiger partial charge >= 0.3 is 0 Å². The molecule has 3 aromatic rings. The van der Waals surface area contributed by atoms with Crippen molar-refractivity contribution in [3.63, 3.8) is 0 Å². The minimum absolute atomic E-state index is 0.00430. The van der Waals surface area contributed by atoms with E-state index in [1.807, 2.05) is 0 Å². The molecule has 0 bridgehead atoms. The summed E-state index contributed by atoms with van der Waals surface area (Å²) in [6.07, 6.45) is 4.37. The van der Waals surface area contributed by atoms with E-state index in [1.54, 1.807) is 12.1 Å². The van der Waals surface area contributed by atoms with Gasteiger partial charge in [0.05, 0.1) is 11.9 Å². The lowest BCUT2D eigenvalue weighted by molar-refractivity contribution is 0.102. The highest BCUT2D eigenvalue weighted by atomic mass is 19.1. The van der Waals surface area contributed by atoms with Crippen molar-refractivity contribution in [1.29, 1.82) is 0 Å². The molecule has 0 unspecified atom stereocenters. The maximum Gasteiger partial charge on any atom is 0.274 e. The number of nitrogens with one attached hydrogen (secondary N) is 1. The fraction of sp³-hybridized carbons (Fsp3) is 0. The van der Waals surface area contributed by atoms with Crippen LogP contribution in [0.5, 0.6) is 0 Å². The minimum atomic E-state index is -0.706. The molecule has 1 N–H and O–H groups in total. The number of nitrogens with zero attached hydrogens (tertiary/aromatic N) is 5. The minimum Gasteiger partial charge on any atom is -0.319 e. The molecule has 7 nitrogen and oxygen atoms in total. The Balaban J connectivity index is 1.75. The number of amides is 1. The monoisotopic (exact) mass is 284 g/mol. The van der Waals surface area contributed by atoms with Gasteiger partial charge in [0.1, 0.15) is 18.3 Å². The number of pyridine rings is 2. The van der Waals surface area contributed by atoms with Gasteiger partial charge in [0.2, 0.25) is 5.95 Å². The van der Waals surface area contributed by atoms with Crippen molar-refractivity contribution in [3.8, 4) is 5.82 Å². The molecule has 3 rings (SSSR count). The number of hydrogen-bond donors (Lipinski definition) is 1. The highest BCUT2D eigenvalue weighted by Gasteiger charge is 2.09. The van der Waals surface area contributed by atoms with E-state index in [2.05, 4.69) is 25.4 Å². The topological polar surface area (TPSA) is 85.6 Å². The summed E-state index contributed by atoms with van der Waals surface area (Å²) in [5.74, 6) is -0.651. The second kappa shape index (κ2) is 5.45. The van der Waals surface area contributed by atoms with Crippen molar-refractivity contribution >= 4 is 11.6 Å². The Morgan fingerprint density at radius 2 is 2.14 bits per heavy atom. The summed E-state index contributed by atoms with van der Waals surface area (Å²) in [7, 11) is 0. The van der Waals surface area contributed by atoms with Crippen LogP contribution in [0.15, 0.2) is 49.2 Å². The summed E-state index contributed by atoms with van der Waals surface area (Å²) >= 11 is 0. The van der Waals surface area contributed by atoms with E-state index < -0.39 is 11.9 Å². The van der Waals surface area contributed by atoms with E-state index >= 15 is 0 Å². The third-order valence-electron chi connectivity index (χ3n) is 2.61. The maximum atomic E-state index is 13.0. The van der Waals surface area contributed by atoms with Crippen LogP contribution < -0.4 is 5.32 Å². The molecule has 0 radical (unpaired) electrons. The molecular weight excluding hydrogens is 275 g/mol. The fourth-order valence-corrected chi connectivity index (χ4v) is 1.65. The third-order valence-corrected chi connectivity index (χ3v) is 2.61. The van der Waals surface area contributed by atoms with Crippen LogP contribution in [0.1, 0.15) is 10.5 Å². The average molecular weight is 284 g/mol. The van der Waals surface area contributed by atoms with E-state index in [9.17, 15) is 9.18 Å². The van der Waals surface area contributed by atoms with Gasteiger partial charge in [-0.3, -0.25) is 4.79 Å². The van der Waals surface area contributed by atoms with Gasteiger partial charge in [-0.1, -0.05) is 6.07 Å². The number of anilines is 1. The van der Waals surface area contributed by atoms with E-state index in [1.165, 1.54) is 41.7 Å². The summed E-state index contributed by atoms with van der Waals surface area (Å²) in [6, 6.07) is 7.34. The van der Waals surface area contributed by atoms with E-state index in [4.69, 9.17) is 0 Å². The predicted molar refractivity (Wildman–Crippen MR) is 71.3 cm³/mol.